The van der Waals surface area contributed by atoms with E-state index in [1.54, 1.807) is 7.11 Å². The van der Waals surface area contributed by atoms with E-state index in [0.717, 1.165) is 17.7 Å². The molecule has 20 heavy (non-hydrogen) atoms. The van der Waals surface area contributed by atoms with Crippen molar-refractivity contribution in [2.75, 3.05) is 13.7 Å². The van der Waals surface area contributed by atoms with Gasteiger partial charge in [0.25, 0.3) is 0 Å². The topological polar surface area (TPSA) is 21.3 Å². The molecule has 0 atom stereocenters. The van der Waals surface area contributed by atoms with E-state index in [1.165, 1.54) is 10.9 Å². The van der Waals surface area contributed by atoms with Crippen LogP contribution < -0.4 is 10.1 Å². The molecule has 2 aromatic rings. The fraction of sp³-hybridized carbons (Fsp3) is 0.333. The molecular weight excluding hydrogens is 246 g/mol. The van der Waals surface area contributed by atoms with E-state index < -0.39 is 0 Å². The number of methoxy groups -OCH3 is 1. The Bertz CT molecular complexity index is 608. The molecule has 0 radical (unpaired) electrons. The van der Waals surface area contributed by atoms with E-state index in [4.69, 9.17) is 4.74 Å². The summed E-state index contributed by atoms with van der Waals surface area (Å²) in [4.78, 5) is 0. The smallest absolute Gasteiger partial charge is 0.126 e. The first kappa shape index (κ1) is 14.6. The first-order valence-corrected chi connectivity index (χ1v) is 6.98. The number of rotatable bonds is 4. The molecule has 1 N–H and O–H groups in total. The maximum Gasteiger partial charge on any atom is 0.126 e. The number of fused-ring (bicyclic) bond motifs is 1. The van der Waals surface area contributed by atoms with Crippen LogP contribution in [0.2, 0.25) is 0 Å². The second kappa shape index (κ2) is 6.10. The van der Waals surface area contributed by atoms with Gasteiger partial charge in [0.2, 0.25) is 0 Å². The molecule has 0 aliphatic carbocycles. The molecule has 0 saturated carbocycles. The van der Waals surface area contributed by atoms with Gasteiger partial charge in [-0.1, -0.05) is 42.5 Å². The Morgan fingerprint density at radius 2 is 1.75 bits per heavy atom. The minimum absolute atomic E-state index is 0.145. The lowest BCUT2D eigenvalue weighted by Gasteiger charge is -2.18. The summed E-state index contributed by atoms with van der Waals surface area (Å²) in [6.45, 7) is 7.38. The predicted molar refractivity (Wildman–Crippen MR) is 87.3 cm³/mol. The molecule has 2 rings (SSSR count). The molecular formula is C18H23NO. The maximum absolute atomic E-state index is 5.42. The maximum atomic E-state index is 5.42. The average Bonchev–Trinajstić information content (AvgIpc) is 2.42. The highest BCUT2D eigenvalue weighted by atomic mass is 16.5. The quantitative estimate of drug-likeness (QED) is 0.896. The van der Waals surface area contributed by atoms with Crippen molar-refractivity contribution in [3.05, 3.63) is 48.0 Å². The number of benzene rings is 2. The minimum Gasteiger partial charge on any atom is -0.496 e. The van der Waals surface area contributed by atoms with Gasteiger partial charge in [0.1, 0.15) is 5.75 Å². The molecule has 0 unspecified atom stereocenters. The lowest BCUT2D eigenvalue weighted by Crippen LogP contribution is -2.35. The van der Waals surface area contributed by atoms with Gasteiger partial charge in [-0.3, -0.25) is 0 Å². The normalized spacial score (nSPS) is 12.2. The molecule has 0 bridgehead atoms. The summed E-state index contributed by atoms with van der Waals surface area (Å²) in [5, 5.41) is 5.83. The number of ether oxygens (including phenoxy) is 1. The highest BCUT2D eigenvalue weighted by molar-refractivity contribution is 5.94. The van der Waals surface area contributed by atoms with Gasteiger partial charge >= 0.3 is 0 Å². The van der Waals surface area contributed by atoms with Gasteiger partial charge in [-0.15, -0.1) is 0 Å². The molecule has 0 heterocycles. The molecule has 2 nitrogen and oxygen atoms in total. The third-order valence-electron chi connectivity index (χ3n) is 3.19. The lowest BCUT2D eigenvalue weighted by atomic mass is 10.0. The fourth-order valence-electron chi connectivity index (χ4n) is 2.17. The van der Waals surface area contributed by atoms with E-state index in [1.807, 2.05) is 12.1 Å². The van der Waals surface area contributed by atoms with Crippen LogP contribution in [0, 0.1) is 0 Å². The van der Waals surface area contributed by atoms with Gasteiger partial charge in [0, 0.05) is 17.5 Å². The zero-order valence-corrected chi connectivity index (χ0v) is 12.7. The van der Waals surface area contributed by atoms with Crippen LogP contribution in [0.5, 0.6) is 5.75 Å². The zero-order chi connectivity index (χ0) is 14.6. The Morgan fingerprint density at radius 3 is 2.40 bits per heavy atom. The van der Waals surface area contributed by atoms with Crippen LogP contribution in [0.15, 0.2) is 42.5 Å². The third kappa shape index (κ3) is 3.61. The average molecular weight is 269 g/mol. The monoisotopic (exact) mass is 269 g/mol. The van der Waals surface area contributed by atoms with Crippen LogP contribution in [-0.2, 0) is 0 Å². The zero-order valence-electron chi connectivity index (χ0n) is 12.7. The molecule has 106 valence electrons. The van der Waals surface area contributed by atoms with Crippen molar-refractivity contribution in [3.8, 4) is 5.75 Å². The summed E-state index contributed by atoms with van der Waals surface area (Å²) < 4.78 is 5.42. The molecule has 0 spiro atoms. The van der Waals surface area contributed by atoms with Crippen molar-refractivity contribution in [1.29, 1.82) is 0 Å². The van der Waals surface area contributed by atoms with Crippen LogP contribution >= 0.6 is 0 Å². The molecule has 0 aliphatic heterocycles. The molecule has 0 aliphatic rings. The Balaban J connectivity index is 2.25. The van der Waals surface area contributed by atoms with Crippen molar-refractivity contribution in [1.82, 2.24) is 5.32 Å². The highest BCUT2D eigenvalue weighted by Crippen LogP contribution is 2.28. The summed E-state index contributed by atoms with van der Waals surface area (Å²) in [7, 11) is 1.71. The first-order chi connectivity index (χ1) is 9.51. The van der Waals surface area contributed by atoms with Crippen LogP contribution in [0.1, 0.15) is 26.3 Å². The largest absolute Gasteiger partial charge is 0.496 e. The first-order valence-electron chi connectivity index (χ1n) is 6.98. The molecule has 0 aromatic heterocycles. The Hall–Kier alpha value is -1.80. The van der Waals surface area contributed by atoms with E-state index in [0.29, 0.717) is 0 Å². The molecule has 0 fully saturated rings. The summed E-state index contributed by atoms with van der Waals surface area (Å²) in [6, 6.07) is 12.5. The van der Waals surface area contributed by atoms with Crippen LogP contribution in [-0.4, -0.2) is 19.2 Å². The Morgan fingerprint density at radius 1 is 1.05 bits per heavy atom. The van der Waals surface area contributed by atoms with Gasteiger partial charge in [-0.25, -0.2) is 0 Å². The van der Waals surface area contributed by atoms with Crippen LogP contribution in [0.25, 0.3) is 16.8 Å². The standard InChI is InChI=1S/C18H23NO/c1-18(2,3)19-13-7-8-14-11-12-17(20-4)16-10-6-5-9-15(14)16/h5-12,19H,13H2,1-4H3/b8-7+. The molecule has 2 aromatic carbocycles. The van der Waals surface area contributed by atoms with Crippen molar-refractivity contribution in [3.63, 3.8) is 0 Å². The number of hydrogen-bond donors (Lipinski definition) is 1. The van der Waals surface area contributed by atoms with Gasteiger partial charge in [0.05, 0.1) is 7.11 Å². The molecule has 0 amide bonds. The van der Waals surface area contributed by atoms with Crippen LogP contribution in [0.3, 0.4) is 0 Å². The van der Waals surface area contributed by atoms with Crippen molar-refractivity contribution in [2.45, 2.75) is 26.3 Å². The van der Waals surface area contributed by atoms with Crippen molar-refractivity contribution >= 4 is 16.8 Å². The van der Waals surface area contributed by atoms with Gasteiger partial charge in [0.15, 0.2) is 0 Å². The van der Waals surface area contributed by atoms with Gasteiger partial charge in [-0.2, -0.15) is 0 Å². The Labute approximate surface area is 121 Å². The number of hydrogen-bond acceptors (Lipinski definition) is 2. The van der Waals surface area contributed by atoms with Gasteiger partial charge < -0.3 is 10.1 Å². The predicted octanol–water partition coefficient (Wildman–Crippen LogP) is 4.25. The minimum atomic E-state index is 0.145. The second-order valence-corrected chi connectivity index (χ2v) is 5.94. The Kier molecular flexibility index (Phi) is 4.46. The van der Waals surface area contributed by atoms with E-state index >= 15 is 0 Å². The van der Waals surface area contributed by atoms with E-state index in [9.17, 15) is 0 Å². The van der Waals surface area contributed by atoms with E-state index in [-0.39, 0.29) is 5.54 Å². The highest BCUT2D eigenvalue weighted by Gasteiger charge is 2.06. The summed E-state index contributed by atoms with van der Waals surface area (Å²) in [5.41, 5.74) is 1.36. The fourth-order valence-corrected chi connectivity index (χ4v) is 2.17. The van der Waals surface area contributed by atoms with Crippen LogP contribution in [0.4, 0.5) is 0 Å². The molecule has 2 heteroatoms. The third-order valence-corrected chi connectivity index (χ3v) is 3.19. The summed E-state index contributed by atoms with van der Waals surface area (Å²) in [6.07, 6.45) is 4.33. The lowest BCUT2D eigenvalue weighted by molar-refractivity contribution is 0.420. The summed E-state index contributed by atoms with van der Waals surface area (Å²) >= 11 is 0. The SMILES string of the molecule is COc1ccc(/C=C/CNC(C)(C)C)c2ccccc12. The van der Waals surface area contributed by atoms with Crippen molar-refractivity contribution < 1.29 is 4.74 Å². The van der Waals surface area contributed by atoms with Crippen molar-refractivity contribution in [2.24, 2.45) is 0 Å². The summed E-state index contributed by atoms with van der Waals surface area (Å²) in [5.74, 6) is 0.922. The second-order valence-electron chi connectivity index (χ2n) is 5.94. The van der Waals surface area contributed by atoms with Gasteiger partial charge in [-0.05, 0) is 37.8 Å². The number of nitrogens with one attached hydrogen (secondary N) is 1. The molecule has 0 saturated heterocycles. The van der Waals surface area contributed by atoms with E-state index in [2.05, 4.69) is 62.5 Å².